The molecule has 1 aliphatic heterocycles. The number of guanidine groups is 1. The Balaban J connectivity index is 1.94. The zero-order valence-electron chi connectivity index (χ0n) is 10.3. The number of fused-ring (bicyclic) bond motifs is 1. The van der Waals surface area contributed by atoms with Crippen molar-refractivity contribution in [3.8, 4) is 5.75 Å². The van der Waals surface area contributed by atoms with E-state index in [4.69, 9.17) is 34.8 Å². The minimum atomic E-state index is 0.0167. The number of aromatic hydroxyl groups is 1. The monoisotopic (exact) mass is 359 g/mol. The molecule has 0 saturated heterocycles. The van der Waals surface area contributed by atoms with E-state index in [1.807, 2.05) is 0 Å². The second kappa shape index (κ2) is 5.85. The number of hydrogen-bond acceptors (Lipinski definition) is 5. The maximum absolute atomic E-state index is 9.91. The van der Waals surface area contributed by atoms with Crippen molar-refractivity contribution in [2.75, 3.05) is 5.32 Å². The van der Waals surface area contributed by atoms with Gasteiger partial charge < -0.3 is 10.4 Å². The number of hydrogen-bond donors (Lipinski definition) is 3. The molecule has 21 heavy (non-hydrogen) atoms. The van der Waals surface area contributed by atoms with Crippen LogP contribution in [0.5, 0.6) is 5.75 Å². The van der Waals surface area contributed by atoms with Gasteiger partial charge in [-0.25, -0.2) is 4.99 Å². The van der Waals surface area contributed by atoms with Crippen LogP contribution < -0.4 is 10.0 Å². The van der Waals surface area contributed by atoms with Crippen LogP contribution in [0.15, 0.2) is 40.2 Å². The summed E-state index contributed by atoms with van der Waals surface area (Å²) >= 11 is 19.2. The van der Waals surface area contributed by atoms with Crippen molar-refractivity contribution in [1.29, 1.82) is 0 Å². The van der Waals surface area contributed by atoms with E-state index in [-0.39, 0.29) is 5.75 Å². The zero-order valence-corrected chi connectivity index (χ0v) is 13.4. The van der Waals surface area contributed by atoms with Crippen LogP contribution in [0.25, 0.3) is 0 Å². The standard InChI is InChI=1S/C13H8Cl3N3OS/c14-6-1-2-8(16)9(3-6)17-13-18-12-10(20)4-7(15)5-11(12)21-19-13/h1-5,20H,(H2,17,18,19). The number of phenolic OH excluding ortho intramolecular Hbond substituents is 1. The summed E-state index contributed by atoms with van der Waals surface area (Å²) in [6, 6.07) is 8.24. The van der Waals surface area contributed by atoms with Crippen molar-refractivity contribution in [3.05, 3.63) is 45.4 Å². The average Bonchev–Trinajstić information content (AvgIpc) is 2.43. The first-order chi connectivity index (χ1) is 10.0. The van der Waals surface area contributed by atoms with Gasteiger partial charge in [0.25, 0.3) is 0 Å². The van der Waals surface area contributed by atoms with Gasteiger partial charge in [-0.1, -0.05) is 34.8 Å². The second-order valence-electron chi connectivity index (χ2n) is 4.19. The van der Waals surface area contributed by atoms with Crippen LogP contribution in [0, 0.1) is 0 Å². The van der Waals surface area contributed by atoms with E-state index < -0.39 is 0 Å². The van der Waals surface area contributed by atoms with Crippen molar-refractivity contribution in [2.24, 2.45) is 4.99 Å². The predicted octanol–water partition coefficient (Wildman–Crippen LogP) is 5.06. The highest BCUT2D eigenvalue weighted by Crippen LogP contribution is 2.41. The Morgan fingerprint density at radius 2 is 1.90 bits per heavy atom. The highest BCUT2D eigenvalue weighted by atomic mass is 35.5. The number of nitrogens with one attached hydrogen (secondary N) is 2. The summed E-state index contributed by atoms with van der Waals surface area (Å²) < 4.78 is 3.01. The van der Waals surface area contributed by atoms with Crippen molar-refractivity contribution in [3.63, 3.8) is 0 Å². The van der Waals surface area contributed by atoms with Crippen LogP contribution in [0.1, 0.15) is 0 Å². The number of rotatable bonds is 1. The average molecular weight is 361 g/mol. The van der Waals surface area contributed by atoms with E-state index in [1.165, 1.54) is 18.0 Å². The molecule has 0 spiro atoms. The SMILES string of the molecule is Oc1cc(Cl)cc2c1N=C(Nc1cc(Cl)ccc1Cl)NS2. The number of nitrogens with zero attached hydrogens (tertiary/aromatic N) is 1. The Bertz CT molecular complexity index is 752. The van der Waals surface area contributed by atoms with Gasteiger partial charge in [0.05, 0.1) is 15.6 Å². The molecule has 3 N–H and O–H groups in total. The summed E-state index contributed by atoms with van der Waals surface area (Å²) in [6.45, 7) is 0. The van der Waals surface area contributed by atoms with Gasteiger partial charge in [-0.05, 0) is 36.2 Å². The Morgan fingerprint density at radius 1 is 1.10 bits per heavy atom. The summed E-state index contributed by atoms with van der Waals surface area (Å²) in [7, 11) is 0. The van der Waals surface area contributed by atoms with Gasteiger partial charge >= 0.3 is 0 Å². The molecule has 108 valence electrons. The largest absolute Gasteiger partial charge is 0.506 e. The van der Waals surface area contributed by atoms with E-state index in [0.29, 0.717) is 32.4 Å². The molecule has 0 fully saturated rings. The fraction of sp³-hybridized carbons (Fsp3) is 0. The Labute approximate surface area is 140 Å². The van der Waals surface area contributed by atoms with E-state index in [2.05, 4.69) is 15.0 Å². The summed E-state index contributed by atoms with van der Waals surface area (Å²) in [5, 5.41) is 14.5. The fourth-order valence-electron chi connectivity index (χ4n) is 1.76. The van der Waals surface area contributed by atoms with Crippen LogP contribution in [-0.2, 0) is 0 Å². The highest BCUT2D eigenvalue weighted by Gasteiger charge is 2.17. The quantitative estimate of drug-likeness (QED) is 0.622. The van der Waals surface area contributed by atoms with E-state index in [1.54, 1.807) is 24.3 Å². The van der Waals surface area contributed by atoms with Gasteiger partial charge in [-0.2, -0.15) is 0 Å². The van der Waals surface area contributed by atoms with Crippen LogP contribution in [0.4, 0.5) is 11.4 Å². The van der Waals surface area contributed by atoms with Crippen molar-refractivity contribution >= 4 is 64.1 Å². The summed E-state index contributed by atoms with van der Waals surface area (Å²) in [4.78, 5) is 5.05. The lowest BCUT2D eigenvalue weighted by Crippen LogP contribution is -2.27. The molecule has 4 nitrogen and oxygen atoms in total. The third kappa shape index (κ3) is 3.16. The first-order valence-corrected chi connectivity index (χ1v) is 7.74. The lowest BCUT2D eigenvalue weighted by atomic mass is 10.3. The number of anilines is 1. The minimum Gasteiger partial charge on any atom is -0.506 e. The molecule has 0 bridgehead atoms. The first-order valence-electron chi connectivity index (χ1n) is 5.79. The molecule has 3 rings (SSSR count). The summed E-state index contributed by atoms with van der Waals surface area (Å²) in [6.07, 6.45) is 0. The molecular weight excluding hydrogens is 353 g/mol. The topological polar surface area (TPSA) is 56.7 Å². The lowest BCUT2D eigenvalue weighted by Gasteiger charge is -2.19. The molecule has 0 saturated carbocycles. The molecule has 0 radical (unpaired) electrons. The maximum Gasteiger partial charge on any atom is 0.211 e. The smallest absolute Gasteiger partial charge is 0.211 e. The van der Waals surface area contributed by atoms with Crippen LogP contribution in [-0.4, -0.2) is 11.1 Å². The molecule has 1 heterocycles. The van der Waals surface area contributed by atoms with Gasteiger partial charge in [0.15, 0.2) is 0 Å². The molecule has 0 aliphatic carbocycles. The molecule has 8 heteroatoms. The second-order valence-corrected chi connectivity index (χ2v) is 6.31. The normalized spacial score (nSPS) is 13.2. The van der Waals surface area contributed by atoms with Gasteiger partial charge in [-0.15, -0.1) is 0 Å². The molecule has 0 aromatic heterocycles. The van der Waals surface area contributed by atoms with Crippen LogP contribution in [0.2, 0.25) is 15.1 Å². The molecule has 0 amide bonds. The Morgan fingerprint density at radius 3 is 2.71 bits per heavy atom. The molecule has 0 atom stereocenters. The number of benzene rings is 2. The molecule has 0 unspecified atom stereocenters. The van der Waals surface area contributed by atoms with E-state index in [0.717, 1.165) is 4.90 Å². The van der Waals surface area contributed by atoms with Gasteiger partial charge in [-0.3, -0.25) is 4.72 Å². The maximum atomic E-state index is 9.91. The predicted molar refractivity (Wildman–Crippen MR) is 89.3 cm³/mol. The lowest BCUT2D eigenvalue weighted by molar-refractivity contribution is 0.475. The van der Waals surface area contributed by atoms with Gasteiger partial charge in [0.1, 0.15) is 11.4 Å². The molecular formula is C13H8Cl3N3OS. The van der Waals surface area contributed by atoms with Crippen LogP contribution in [0.3, 0.4) is 0 Å². The fourth-order valence-corrected chi connectivity index (χ4v) is 3.11. The molecule has 1 aliphatic rings. The summed E-state index contributed by atoms with van der Waals surface area (Å²) in [5.41, 5.74) is 1.07. The van der Waals surface area contributed by atoms with Crippen molar-refractivity contribution < 1.29 is 5.11 Å². The Hall–Kier alpha value is -1.27. The third-order valence-corrected chi connectivity index (χ3v) is 4.29. The number of phenols is 1. The van der Waals surface area contributed by atoms with Crippen LogP contribution >= 0.6 is 46.8 Å². The molecule has 2 aromatic rings. The van der Waals surface area contributed by atoms with Crippen molar-refractivity contribution in [2.45, 2.75) is 4.90 Å². The highest BCUT2D eigenvalue weighted by molar-refractivity contribution is 7.98. The van der Waals surface area contributed by atoms with Gasteiger partial charge in [0.2, 0.25) is 5.96 Å². The minimum absolute atomic E-state index is 0.0167. The summed E-state index contributed by atoms with van der Waals surface area (Å²) in [5.74, 6) is 0.456. The third-order valence-electron chi connectivity index (χ3n) is 2.68. The van der Waals surface area contributed by atoms with Crippen molar-refractivity contribution in [1.82, 2.24) is 4.72 Å². The van der Waals surface area contributed by atoms with E-state index >= 15 is 0 Å². The zero-order chi connectivity index (χ0) is 15.0. The van der Waals surface area contributed by atoms with E-state index in [9.17, 15) is 5.11 Å². The molecule has 2 aromatic carbocycles. The Kier molecular flexibility index (Phi) is 4.08. The number of aliphatic imine (C=N–C) groups is 1. The first kappa shape index (κ1) is 14.7. The van der Waals surface area contributed by atoms with Gasteiger partial charge in [0, 0.05) is 16.1 Å². The number of halogens is 3.